The molecule has 2 fully saturated rings. The van der Waals surface area contributed by atoms with E-state index in [-0.39, 0.29) is 5.60 Å². The van der Waals surface area contributed by atoms with E-state index in [2.05, 4.69) is 22.3 Å². The summed E-state index contributed by atoms with van der Waals surface area (Å²) in [6.45, 7) is 0.896. The molecule has 17 heavy (non-hydrogen) atoms. The molecule has 2 atom stereocenters. The molecule has 0 amide bonds. The van der Waals surface area contributed by atoms with Crippen molar-refractivity contribution in [3.8, 4) is 0 Å². The summed E-state index contributed by atoms with van der Waals surface area (Å²) < 4.78 is 5.98. The van der Waals surface area contributed by atoms with Crippen molar-refractivity contribution in [1.29, 1.82) is 0 Å². The first kappa shape index (κ1) is 11.7. The first-order valence-electron chi connectivity index (χ1n) is 6.45. The van der Waals surface area contributed by atoms with E-state index in [1.54, 1.807) is 11.3 Å². The van der Waals surface area contributed by atoms with Crippen LogP contribution in [0.5, 0.6) is 0 Å². The Hall–Kier alpha value is -0.420. The molecule has 1 saturated heterocycles. The van der Waals surface area contributed by atoms with Crippen LogP contribution in [0.25, 0.3) is 0 Å². The number of hydrogen-bond acceptors (Lipinski definition) is 4. The van der Waals surface area contributed by atoms with Gasteiger partial charge in [0.25, 0.3) is 0 Å². The maximum absolute atomic E-state index is 5.98. The van der Waals surface area contributed by atoms with E-state index >= 15 is 0 Å². The number of hydrazine groups is 1. The molecule has 94 valence electrons. The van der Waals surface area contributed by atoms with Gasteiger partial charge in [0.2, 0.25) is 0 Å². The fraction of sp³-hybridized carbons (Fsp3) is 0.692. The minimum absolute atomic E-state index is 0.202. The van der Waals surface area contributed by atoms with Gasteiger partial charge in [-0.25, -0.2) is 0 Å². The van der Waals surface area contributed by atoms with Gasteiger partial charge >= 0.3 is 0 Å². The van der Waals surface area contributed by atoms with Gasteiger partial charge in [-0.05, 0) is 60.4 Å². The van der Waals surface area contributed by atoms with Crippen molar-refractivity contribution < 1.29 is 4.74 Å². The molecule has 1 aliphatic heterocycles. The summed E-state index contributed by atoms with van der Waals surface area (Å²) in [5.41, 5.74) is 4.55. The molecule has 1 aromatic rings. The van der Waals surface area contributed by atoms with E-state index in [1.165, 1.54) is 24.8 Å². The minimum atomic E-state index is 0.202. The second kappa shape index (κ2) is 4.69. The second-order valence-corrected chi connectivity index (χ2v) is 6.12. The lowest BCUT2D eigenvalue weighted by molar-refractivity contribution is -0.147. The van der Waals surface area contributed by atoms with Crippen LogP contribution in [0.15, 0.2) is 16.8 Å². The minimum Gasteiger partial charge on any atom is -0.375 e. The average Bonchev–Trinajstić information content (AvgIpc) is 2.82. The third-order valence-corrected chi connectivity index (χ3v) is 5.05. The van der Waals surface area contributed by atoms with Crippen LogP contribution in [-0.4, -0.2) is 12.2 Å². The van der Waals surface area contributed by atoms with Gasteiger partial charge in [-0.2, -0.15) is 11.3 Å². The van der Waals surface area contributed by atoms with Crippen LogP contribution in [-0.2, 0) is 4.74 Å². The zero-order chi connectivity index (χ0) is 11.7. The van der Waals surface area contributed by atoms with Crippen LogP contribution in [0.2, 0.25) is 0 Å². The van der Waals surface area contributed by atoms with Crippen LogP contribution in [0.1, 0.15) is 43.7 Å². The first-order valence-corrected chi connectivity index (χ1v) is 7.39. The van der Waals surface area contributed by atoms with E-state index in [0.29, 0.717) is 12.0 Å². The predicted molar refractivity (Wildman–Crippen MR) is 69.6 cm³/mol. The Morgan fingerprint density at radius 3 is 3.00 bits per heavy atom. The maximum Gasteiger partial charge on any atom is 0.0686 e. The van der Waals surface area contributed by atoms with Crippen molar-refractivity contribution in [1.82, 2.24) is 5.43 Å². The number of nitrogens with one attached hydrogen (secondary N) is 1. The van der Waals surface area contributed by atoms with E-state index < -0.39 is 0 Å². The molecule has 1 aromatic heterocycles. The van der Waals surface area contributed by atoms with Gasteiger partial charge in [0.15, 0.2) is 0 Å². The lowest BCUT2D eigenvalue weighted by atomic mass is 9.70. The van der Waals surface area contributed by atoms with Crippen LogP contribution in [0, 0.1) is 5.92 Å². The number of ether oxygens (including phenoxy) is 1. The first-order chi connectivity index (χ1) is 8.33. The molecule has 0 bridgehead atoms. The van der Waals surface area contributed by atoms with Crippen molar-refractivity contribution >= 4 is 11.3 Å². The summed E-state index contributed by atoms with van der Waals surface area (Å²) in [6.07, 6.45) is 6.09. The zero-order valence-corrected chi connectivity index (χ0v) is 10.8. The molecule has 1 saturated carbocycles. The normalized spacial score (nSPS) is 28.9. The summed E-state index contributed by atoms with van der Waals surface area (Å²) in [4.78, 5) is 0. The highest BCUT2D eigenvalue weighted by Gasteiger charge is 2.44. The Labute approximate surface area is 106 Å². The fourth-order valence-electron chi connectivity index (χ4n) is 3.23. The Morgan fingerprint density at radius 2 is 2.41 bits per heavy atom. The molecule has 4 heteroatoms. The van der Waals surface area contributed by atoms with Crippen LogP contribution in [0.4, 0.5) is 0 Å². The highest BCUT2D eigenvalue weighted by Crippen LogP contribution is 2.47. The second-order valence-electron chi connectivity index (χ2n) is 5.34. The van der Waals surface area contributed by atoms with Gasteiger partial charge in [-0.1, -0.05) is 0 Å². The van der Waals surface area contributed by atoms with E-state index in [1.807, 2.05) is 0 Å². The van der Waals surface area contributed by atoms with Crippen molar-refractivity contribution in [2.24, 2.45) is 11.8 Å². The Morgan fingerprint density at radius 1 is 1.53 bits per heavy atom. The summed E-state index contributed by atoms with van der Waals surface area (Å²) in [5.74, 6) is 6.37. The van der Waals surface area contributed by atoms with Crippen molar-refractivity contribution in [2.45, 2.75) is 43.7 Å². The largest absolute Gasteiger partial charge is 0.375 e. The van der Waals surface area contributed by atoms with Crippen molar-refractivity contribution in [3.63, 3.8) is 0 Å². The van der Waals surface area contributed by atoms with Crippen molar-refractivity contribution in [3.05, 3.63) is 22.4 Å². The number of nitrogens with two attached hydrogens (primary N) is 1. The monoisotopic (exact) mass is 252 g/mol. The summed E-state index contributed by atoms with van der Waals surface area (Å²) in [7, 11) is 0. The standard InChI is InChI=1S/C13H20N2OS/c14-15-12(11-3-7-17-9-11)10-2-6-16-13(8-10)4-1-5-13/h3,7,9-10,12,15H,1-2,4-6,8,14H2. The molecule has 1 spiro atoms. The van der Waals surface area contributed by atoms with Crippen LogP contribution < -0.4 is 11.3 Å². The molecule has 0 aromatic carbocycles. The third kappa shape index (κ3) is 2.15. The molecule has 2 aliphatic rings. The van der Waals surface area contributed by atoms with Gasteiger partial charge in [-0.15, -0.1) is 0 Å². The molecular weight excluding hydrogens is 232 g/mol. The summed E-state index contributed by atoms with van der Waals surface area (Å²) in [5, 5.41) is 4.32. The highest BCUT2D eigenvalue weighted by molar-refractivity contribution is 7.07. The summed E-state index contributed by atoms with van der Waals surface area (Å²) in [6, 6.07) is 2.47. The SMILES string of the molecule is NNC(c1ccsc1)C1CCOC2(CCC2)C1. The molecule has 2 unspecified atom stereocenters. The van der Waals surface area contributed by atoms with Gasteiger partial charge in [0.05, 0.1) is 5.60 Å². The van der Waals surface area contributed by atoms with Gasteiger partial charge in [0, 0.05) is 12.6 Å². The number of rotatable bonds is 3. The van der Waals surface area contributed by atoms with Gasteiger partial charge < -0.3 is 4.74 Å². The lowest BCUT2D eigenvalue weighted by Crippen LogP contribution is -2.48. The van der Waals surface area contributed by atoms with Crippen LogP contribution in [0.3, 0.4) is 0 Å². The van der Waals surface area contributed by atoms with E-state index in [4.69, 9.17) is 10.6 Å². The number of thiophene rings is 1. The Kier molecular flexibility index (Phi) is 3.21. The van der Waals surface area contributed by atoms with Gasteiger partial charge in [0.1, 0.15) is 0 Å². The topological polar surface area (TPSA) is 47.3 Å². The molecule has 2 heterocycles. The maximum atomic E-state index is 5.98. The molecule has 1 aliphatic carbocycles. The Bertz CT molecular complexity index is 362. The molecular formula is C13H20N2OS. The average molecular weight is 252 g/mol. The smallest absolute Gasteiger partial charge is 0.0686 e. The predicted octanol–water partition coefficient (Wildman–Crippen LogP) is 2.60. The lowest BCUT2D eigenvalue weighted by Gasteiger charge is -2.48. The van der Waals surface area contributed by atoms with E-state index in [9.17, 15) is 0 Å². The number of hydrogen-bond donors (Lipinski definition) is 2. The molecule has 3 nitrogen and oxygen atoms in total. The molecule has 3 rings (SSSR count). The Balaban J connectivity index is 1.73. The third-order valence-electron chi connectivity index (χ3n) is 4.35. The van der Waals surface area contributed by atoms with Crippen molar-refractivity contribution in [2.75, 3.05) is 6.61 Å². The van der Waals surface area contributed by atoms with Crippen LogP contribution >= 0.6 is 11.3 Å². The van der Waals surface area contributed by atoms with Gasteiger partial charge in [-0.3, -0.25) is 11.3 Å². The summed E-state index contributed by atoms with van der Waals surface area (Å²) >= 11 is 1.74. The highest BCUT2D eigenvalue weighted by atomic mass is 32.1. The van der Waals surface area contributed by atoms with E-state index in [0.717, 1.165) is 19.4 Å². The fourth-order valence-corrected chi connectivity index (χ4v) is 3.92. The quantitative estimate of drug-likeness (QED) is 0.642. The molecule has 3 N–H and O–H groups in total. The zero-order valence-electron chi connectivity index (χ0n) is 10.0. The molecule has 0 radical (unpaired) electrons.